The van der Waals surface area contributed by atoms with Gasteiger partial charge in [0.1, 0.15) is 5.60 Å². The zero-order valence-corrected chi connectivity index (χ0v) is 10.5. The van der Waals surface area contributed by atoms with Crippen molar-refractivity contribution in [1.29, 1.82) is 0 Å². The highest BCUT2D eigenvalue weighted by Gasteiger charge is 2.24. The molecule has 2 N–H and O–H groups in total. The van der Waals surface area contributed by atoms with Crippen LogP contribution in [0.25, 0.3) is 0 Å². The highest BCUT2D eigenvalue weighted by Crippen LogP contribution is 2.23. The molecule has 0 aromatic heterocycles. The predicted molar refractivity (Wildman–Crippen MR) is 62.2 cm³/mol. The van der Waals surface area contributed by atoms with Gasteiger partial charge in [0, 0.05) is 12.5 Å². The largest absolute Gasteiger partial charge is 0.444 e. The maximum atomic E-state index is 11.4. The molecule has 1 fully saturated rings. The van der Waals surface area contributed by atoms with Crippen molar-refractivity contribution >= 4 is 6.09 Å². The summed E-state index contributed by atoms with van der Waals surface area (Å²) < 4.78 is 5.13. The normalized spacial score (nSPS) is 26.2. The van der Waals surface area contributed by atoms with Gasteiger partial charge in [0.05, 0.1) is 6.10 Å². The van der Waals surface area contributed by atoms with Crippen LogP contribution in [0.4, 0.5) is 4.79 Å². The zero-order valence-electron chi connectivity index (χ0n) is 10.5. The molecule has 0 aromatic rings. The number of hydrogen-bond donors (Lipinski definition) is 2. The van der Waals surface area contributed by atoms with E-state index in [0.717, 1.165) is 25.7 Å². The Morgan fingerprint density at radius 3 is 2.56 bits per heavy atom. The second-order valence-corrected chi connectivity index (χ2v) is 5.49. The molecule has 0 aromatic carbocycles. The molecule has 1 amide bonds. The van der Waals surface area contributed by atoms with Crippen LogP contribution in [0.2, 0.25) is 0 Å². The summed E-state index contributed by atoms with van der Waals surface area (Å²) in [6, 6.07) is 0. The molecule has 1 aliphatic rings. The maximum absolute atomic E-state index is 11.4. The van der Waals surface area contributed by atoms with E-state index in [1.54, 1.807) is 0 Å². The third kappa shape index (κ3) is 4.84. The number of aliphatic hydroxyl groups excluding tert-OH is 1. The molecule has 0 radical (unpaired) electrons. The van der Waals surface area contributed by atoms with Crippen LogP contribution < -0.4 is 5.32 Å². The lowest BCUT2D eigenvalue weighted by Crippen LogP contribution is -2.39. The monoisotopic (exact) mass is 229 g/mol. The summed E-state index contributed by atoms with van der Waals surface area (Å²) in [6.45, 7) is 6.02. The molecule has 0 bridgehead atoms. The fourth-order valence-electron chi connectivity index (χ4n) is 1.95. The summed E-state index contributed by atoms with van der Waals surface area (Å²) in [6.07, 6.45) is 3.38. The lowest BCUT2D eigenvalue weighted by molar-refractivity contribution is 0.0434. The molecule has 4 heteroatoms. The van der Waals surface area contributed by atoms with Gasteiger partial charge in [-0.15, -0.1) is 0 Å². The first kappa shape index (κ1) is 13.3. The van der Waals surface area contributed by atoms with Crippen LogP contribution in [-0.4, -0.2) is 29.4 Å². The molecule has 16 heavy (non-hydrogen) atoms. The van der Waals surface area contributed by atoms with E-state index in [1.165, 1.54) is 0 Å². The minimum Gasteiger partial charge on any atom is -0.444 e. The fraction of sp³-hybridized carbons (Fsp3) is 0.917. The van der Waals surface area contributed by atoms with E-state index in [2.05, 4.69) is 5.32 Å². The van der Waals surface area contributed by atoms with Crippen LogP contribution in [0.5, 0.6) is 0 Å². The fourth-order valence-corrected chi connectivity index (χ4v) is 1.95. The van der Waals surface area contributed by atoms with E-state index < -0.39 is 11.7 Å². The SMILES string of the molecule is CC(C)(C)OC(=O)NC[C@@H]1CCCC[C@@H]1O. The molecule has 1 saturated carbocycles. The summed E-state index contributed by atoms with van der Waals surface area (Å²) in [5, 5.41) is 12.4. The number of nitrogens with one attached hydrogen (secondary N) is 1. The van der Waals surface area contributed by atoms with Crippen molar-refractivity contribution in [3.63, 3.8) is 0 Å². The van der Waals surface area contributed by atoms with E-state index in [9.17, 15) is 9.90 Å². The van der Waals surface area contributed by atoms with Gasteiger partial charge in [0.2, 0.25) is 0 Å². The Bertz CT molecular complexity index is 235. The third-order valence-corrected chi connectivity index (χ3v) is 2.78. The number of hydrogen-bond acceptors (Lipinski definition) is 3. The molecule has 2 atom stereocenters. The van der Waals surface area contributed by atoms with Gasteiger partial charge in [-0.25, -0.2) is 4.79 Å². The number of amides is 1. The number of carbonyl (C=O) groups excluding carboxylic acids is 1. The molecule has 0 unspecified atom stereocenters. The highest BCUT2D eigenvalue weighted by atomic mass is 16.6. The molecular weight excluding hydrogens is 206 g/mol. The lowest BCUT2D eigenvalue weighted by atomic mass is 9.86. The first-order valence-electron chi connectivity index (χ1n) is 6.03. The number of alkyl carbamates (subject to hydrolysis) is 1. The van der Waals surface area contributed by atoms with E-state index in [1.807, 2.05) is 20.8 Å². The van der Waals surface area contributed by atoms with Gasteiger partial charge in [-0.05, 0) is 33.6 Å². The van der Waals surface area contributed by atoms with Gasteiger partial charge < -0.3 is 15.2 Å². The van der Waals surface area contributed by atoms with Crippen molar-refractivity contribution in [3.8, 4) is 0 Å². The second kappa shape index (κ2) is 5.53. The van der Waals surface area contributed by atoms with Crippen LogP contribution in [0.3, 0.4) is 0 Å². The van der Waals surface area contributed by atoms with Crippen LogP contribution in [-0.2, 0) is 4.74 Å². The minimum atomic E-state index is -0.463. The van der Waals surface area contributed by atoms with Crippen LogP contribution in [0.1, 0.15) is 46.5 Å². The van der Waals surface area contributed by atoms with Crippen molar-refractivity contribution < 1.29 is 14.6 Å². The van der Waals surface area contributed by atoms with Gasteiger partial charge >= 0.3 is 6.09 Å². The third-order valence-electron chi connectivity index (χ3n) is 2.78. The van der Waals surface area contributed by atoms with Crippen molar-refractivity contribution in [2.24, 2.45) is 5.92 Å². The maximum Gasteiger partial charge on any atom is 0.407 e. The van der Waals surface area contributed by atoms with Crippen LogP contribution in [0, 0.1) is 5.92 Å². The first-order chi connectivity index (χ1) is 7.38. The van der Waals surface area contributed by atoms with Crippen LogP contribution in [0.15, 0.2) is 0 Å². The zero-order chi connectivity index (χ0) is 12.2. The highest BCUT2D eigenvalue weighted by molar-refractivity contribution is 5.67. The molecule has 0 aliphatic heterocycles. The summed E-state index contributed by atoms with van der Waals surface area (Å²) in [5.41, 5.74) is -0.463. The van der Waals surface area contributed by atoms with E-state index >= 15 is 0 Å². The number of carbonyl (C=O) groups is 1. The van der Waals surface area contributed by atoms with Gasteiger partial charge in [-0.2, -0.15) is 0 Å². The minimum absolute atomic E-state index is 0.182. The van der Waals surface area contributed by atoms with Gasteiger partial charge in [0.15, 0.2) is 0 Å². The molecule has 4 nitrogen and oxygen atoms in total. The predicted octanol–water partition coefficient (Wildman–Crippen LogP) is 2.06. The summed E-state index contributed by atoms with van der Waals surface area (Å²) >= 11 is 0. The molecule has 0 saturated heterocycles. The molecular formula is C12H23NO3. The molecule has 0 heterocycles. The van der Waals surface area contributed by atoms with E-state index in [-0.39, 0.29) is 12.0 Å². The Balaban J connectivity index is 2.25. The summed E-state index contributed by atoms with van der Waals surface area (Å²) in [5.74, 6) is 0.182. The summed E-state index contributed by atoms with van der Waals surface area (Å²) in [4.78, 5) is 11.4. The Kier molecular flexibility index (Phi) is 4.59. The first-order valence-corrected chi connectivity index (χ1v) is 6.03. The number of aliphatic hydroxyl groups is 1. The van der Waals surface area contributed by atoms with E-state index in [4.69, 9.17) is 4.74 Å². The number of ether oxygens (including phenoxy) is 1. The molecule has 1 rings (SSSR count). The van der Waals surface area contributed by atoms with Crippen molar-refractivity contribution in [1.82, 2.24) is 5.32 Å². The molecule has 0 spiro atoms. The van der Waals surface area contributed by atoms with Crippen molar-refractivity contribution in [2.45, 2.75) is 58.2 Å². The Morgan fingerprint density at radius 2 is 2.00 bits per heavy atom. The molecule has 94 valence electrons. The number of rotatable bonds is 2. The Labute approximate surface area is 97.4 Å². The molecule has 1 aliphatic carbocycles. The van der Waals surface area contributed by atoms with Gasteiger partial charge in [0.25, 0.3) is 0 Å². The lowest BCUT2D eigenvalue weighted by Gasteiger charge is -2.28. The quantitative estimate of drug-likeness (QED) is 0.762. The van der Waals surface area contributed by atoms with Gasteiger partial charge in [-0.3, -0.25) is 0 Å². The topological polar surface area (TPSA) is 58.6 Å². The Hall–Kier alpha value is -0.770. The van der Waals surface area contributed by atoms with Crippen molar-refractivity contribution in [2.75, 3.05) is 6.54 Å². The van der Waals surface area contributed by atoms with Crippen molar-refractivity contribution in [3.05, 3.63) is 0 Å². The smallest absolute Gasteiger partial charge is 0.407 e. The standard InChI is InChI=1S/C12H23NO3/c1-12(2,3)16-11(15)13-8-9-6-4-5-7-10(9)14/h9-10,14H,4-8H2,1-3H3,(H,13,15)/t9-,10-/m0/s1. The van der Waals surface area contributed by atoms with Crippen LogP contribution >= 0.6 is 0 Å². The van der Waals surface area contributed by atoms with E-state index in [0.29, 0.717) is 6.54 Å². The Morgan fingerprint density at radius 1 is 1.38 bits per heavy atom. The summed E-state index contributed by atoms with van der Waals surface area (Å²) in [7, 11) is 0. The average Bonchev–Trinajstić information content (AvgIpc) is 2.14. The average molecular weight is 229 g/mol. The second-order valence-electron chi connectivity index (χ2n) is 5.49. The van der Waals surface area contributed by atoms with Gasteiger partial charge in [-0.1, -0.05) is 12.8 Å².